The summed E-state index contributed by atoms with van der Waals surface area (Å²) in [7, 11) is 0. The number of fused-ring (bicyclic) bond motifs is 1. The predicted molar refractivity (Wildman–Crippen MR) is 48.9 cm³/mol. The smallest absolute Gasteiger partial charge is 0.247 e. The molecule has 2 rings (SSSR count). The number of para-hydroxylation sites is 2. The van der Waals surface area contributed by atoms with Gasteiger partial charge in [0, 0.05) is 0 Å². The van der Waals surface area contributed by atoms with Gasteiger partial charge in [0.05, 0.1) is 0 Å². The maximum atomic E-state index is 11.9. The maximum Gasteiger partial charge on any atom is 0.495 e. The number of hydrogen-bond donors (Lipinski definition) is 0. The van der Waals surface area contributed by atoms with E-state index in [1.165, 1.54) is 6.07 Å². The Labute approximate surface area is 87.9 Å². The number of anilines is 1. The standard InChI is InChI=1S/C9H5F3N2O2/c10-9(11,12)8(15)16-14-5-13-6-3-1-2-4-7(6)14/h1-5H/q+1. The van der Waals surface area contributed by atoms with Gasteiger partial charge in [0.1, 0.15) is 0 Å². The van der Waals surface area contributed by atoms with Gasteiger partial charge in [0.2, 0.25) is 11.4 Å². The van der Waals surface area contributed by atoms with Gasteiger partial charge in [-0.05, 0) is 22.2 Å². The van der Waals surface area contributed by atoms with Crippen molar-refractivity contribution < 1.29 is 22.8 Å². The van der Waals surface area contributed by atoms with Gasteiger partial charge in [-0.1, -0.05) is 12.1 Å². The van der Waals surface area contributed by atoms with E-state index in [0.717, 1.165) is 6.34 Å². The third-order valence-electron chi connectivity index (χ3n) is 1.83. The number of carbonyl (C=O) groups excluding carboxylic acids is 1. The highest BCUT2D eigenvalue weighted by Gasteiger charge is 2.45. The van der Waals surface area contributed by atoms with Gasteiger partial charge in [-0.3, -0.25) is 0 Å². The lowest BCUT2D eigenvalue weighted by atomic mass is 10.3. The van der Waals surface area contributed by atoms with Crippen molar-refractivity contribution in [3.05, 3.63) is 24.3 Å². The number of hydroxylamine groups is 1. The fourth-order valence-corrected chi connectivity index (χ4v) is 1.15. The van der Waals surface area contributed by atoms with Crippen LogP contribution in [0.1, 0.15) is 0 Å². The summed E-state index contributed by atoms with van der Waals surface area (Å²) >= 11 is 0. The molecule has 4 nitrogen and oxygen atoms in total. The molecule has 0 saturated carbocycles. The first-order valence-corrected chi connectivity index (χ1v) is 4.20. The summed E-state index contributed by atoms with van der Waals surface area (Å²) in [5.74, 6) is -2.28. The van der Waals surface area contributed by atoms with E-state index < -0.39 is 12.1 Å². The molecular formula is C9H5F3N2O2+. The largest absolute Gasteiger partial charge is 0.495 e. The Morgan fingerprint density at radius 3 is 2.69 bits per heavy atom. The summed E-state index contributed by atoms with van der Waals surface area (Å²) in [6.07, 6.45) is -4.01. The second-order valence-electron chi connectivity index (χ2n) is 2.94. The normalized spacial score (nSPS) is 13.8. The molecule has 0 amide bonds. The summed E-state index contributed by atoms with van der Waals surface area (Å²) in [5, 5.41) is 0.686. The first kappa shape index (κ1) is 10.5. The predicted octanol–water partition coefficient (Wildman–Crippen LogP) is 1.52. The molecule has 1 heterocycles. The summed E-state index contributed by atoms with van der Waals surface area (Å²) in [6.45, 7) is 0. The number of carbonyl (C=O) groups is 1. The zero-order valence-electron chi connectivity index (χ0n) is 7.73. The van der Waals surface area contributed by atoms with Crippen LogP contribution in [0, 0.1) is 0 Å². The van der Waals surface area contributed by atoms with Crippen LogP contribution in [0.4, 0.5) is 24.5 Å². The molecule has 83 valence electrons. The number of alkyl halides is 3. The Morgan fingerprint density at radius 2 is 2.00 bits per heavy atom. The minimum Gasteiger partial charge on any atom is -0.247 e. The number of nitrogens with zero attached hydrogens (tertiary/aromatic N) is 2. The number of rotatable bonds is 1. The van der Waals surface area contributed by atoms with Crippen molar-refractivity contribution in [2.75, 3.05) is 5.06 Å². The molecule has 1 aromatic rings. The van der Waals surface area contributed by atoms with E-state index in [1.54, 1.807) is 18.2 Å². The SMILES string of the molecule is O=C(ON1C=[N+]c2ccccc21)C(F)(F)F. The van der Waals surface area contributed by atoms with E-state index in [1.807, 2.05) is 0 Å². The molecule has 0 aromatic heterocycles. The molecule has 16 heavy (non-hydrogen) atoms. The highest BCUT2D eigenvalue weighted by atomic mass is 19.4. The fraction of sp³-hybridized carbons (Fsp3) is 0.111. The molecule has 0 spiro atoms. The number of hydrogen-bond acceptors (Lipinski definition) is 4. The van der Waals surface area contributed by atoms with Gasteiger partial charge in [-0.2, -0.15) is 13.2 Å². The zero-order chi connectivity index (χ0) is 11.8. The van der Waals surface area contributed by atoms with Crippen LogP contribution in [0.2, 0.25) is 0 Å². The topological polar surface area (TPSA) is 43.6 Å². The van der Waals surface area contributed by atoms with Crippen LogP contribution in [0.3, 0.4) is 0 Å². The first-order chi connectivity index (χ1) is 7.48. The molecular weight excluding hydrogens is 225 g/mol. The average molecular weight is 230 g/mol. The molecule has 0 aliphatic carbocycles. The maximum absolute atomic E-state index is 11.9. The van der Waals surface area contributed by atoms with E-state index in [9.17, 15) is 18.0 Å². The van der Waals surface area contributed by atoms with E-state index >= 15 is 0 Å². The Morgan fingerprint density at radius 1 is 1.31 bits per heavy atom. The lowest BCUT2D eigenvalue weighted by molar-refractivity contribution is -0.199. The van der Waals surface area contributed by atoms with Gasteiger partial charge in [0.15, 0.2) is 0 Å². The molecule has 0 atom stereocenters. The third kappa shape index (κ3) is 1.83. The second kappa shape index (κ2) is 3.51. The van der Waals surface area contributed by atoms with Crippen LogP contribution in [0.25, 0.3) is 0 Å². The Balaban J connectivity index is 2.16. The average Bonchev–Trinajstić information content (AvgIpc) is 2.61. The van der Waals surface area contributed by atoms with E-state index in [4.69, 9.17) is 0 Å². The Hall–Kier alpha value is -2.05. The number of aliphatic imine (C=N–C) groups is 1. The van der Waals surface area contributed by atoms with E-state index in [2.05, 4.69) is 9.83 Å². The van der Waals surface area contributed by atoms with Gasteiger partial charge in [0.25, 0.3) is 0 Å². The molecule has 0 saturated heterocycles. The summed E-state index contributed by atoms with van der Waals surface area (Å²) in [5.41, 5.74) is 0.734. The van der Waals surface area contributed by atoms with Crippen molar-refractivity contribution in [2.45, 2.75) is 6.18 Å². The minimum absolute atomic E-state index is 0.292. The lowest BCUT2D eigenvalue weighted by Gasteiger charge is -2.07. The molecule has 1 aromatic carbocycles. The van der Waals surface area contributed by atoms with Crippen molar-refractivity contribution in [3.63, 3.8) is 0 Å². The van der Waals surface area contributed by atoms with Crippen LogP contribution in [-0.2, 0) is 9.63 Å². The monoisotopic (exact) mass is 230 g/mol. The number of benzene rings is 1. The van der Waals surface area contributed by atoms with Crippen molar-refractivity contribution >= 4 is 23.7 Å². The van der Waals surface area contributed by atoms with Crippen LogP contribution in [0.15, 0.2) is 24.3 Å². The molecule has 1 radical (unpaired) electrons. The van der Waals surface area contributed by atoms with E-state index in [0.29, 0.717) is 16.4 Å². The van der Waals surface area contributed by atoms with Crippen LogP contribution >= 0.6 is 0 Å². The highest BCUT2D eigenvalue weighted by Crippen LogP contribution is 2.28. The number of halogens is 3. The Kier molecular flexibility index (Phi) is 2.30. The molecule has 1 aliphatic rings. The molecule has 1 aliphatic heterocycles. The lowest BCUT2D eigenvalue weighted by Crippen LogP contribution is -2.33. The van der Waals surface area contributed by atoms with Crippen LogP contribution in [0.5, 0.6) is 0 Å². The van der Waals surface area contributed by atoms with E-state index in [-0.39, 0.29) is 0 Å². The molecule has 0 bridgehead atoms. The second-order valence-corrected chi connectivity index (χ2v) is 2.94. The molecule has 0 fully saturated rings. The minimum atomic E-state index is -5.02. The quantitative estimate of drug-likeness (QED) is 0.734. The molecule has 0 N–H and O–H groups in total. The third-order valence-corrected chi connectivity index (χ3v) is 1.83. The summed E-state index contributed by atoms with van der Waals surface area (Å²) < 4.78 is 35.8. The van der Waals surface area contributed by atoms with Gasteiger partial charge >= 0.3 is 18.5 Å². The Bertz CT molecular complexity index is 456. The van der Waals surface area contributed by atoms with Crippen molar-refractivity contribution in [1.29, 1.82) is 0 Å². The van der Waals surface area contributed by atoms with Gasteiger partial charge < -0.3 is 0 Å². The summed E-state index contributed by atoms with van der Waals surface area (Å²) in [4.78, 5) is 18.5. The van der Waals surface area contributed by atoms with Crippen molar-refractivity contribution in [2.24, 2.45) is 0 Å². The molecule has 7 heteroatoms. The fourth-order valence-electron chi connectivity index (χ4n) is 1.15. The molecule has 0 unspecified atom stereocenters. The summed E-state index contributed by atoms with van der Waals surface area (Å²) in [6, 6.07) is 6.35. The highest BCUT2D eigenvalue weighted by molar-refractivity contribution is 5.92. The van der Waals surface area contributed by atoms with Gasteiger partial charge in [-0.25, -0.2) is 9.63 Å². The van der Waals surface area contributed by atoms with Crippen molar-refractivity contribution in [3.8, 4) is 0 Å². The van der Waals surface area contributed by atoms with Crippen molar-refractivity contribution in [1.82, 2.24) is 4.99 Å². The first-order valence-electron chi connectivity index (χ1n) is 4.20. The zero-order valence-corrected chi connectivity index (χ0v) is 7.73. The van der Waals surface area contributed by atoms with Crippen LogP contribution in [-0.4, -0.2) is 18.5 Å². The van der Waals surface area contributed by atoms with Gasteiger partial charge in [-0.15, -0.1) is 0 Å². The van der Waals surface area contributed by atoms with Crippen LogP contribution < -0.4 is 10.1 Å².